The van der Waals surface area contributed by atoms with E-state index in [0.717, 1.165) is 6.34 Å². The predicted molar refractivity (Wildman–Crippen MR) is 89.6 cm³/mol. The van der Waals surface area contributed by atoms with Gasteiger partial charge in [-0.25, -0.2) is 10.4 Å². The van der Waals surface area contributed by atoms with Gasteiger partial charge in [0.15, 0.2) is 5.78 Å². The average Bonchev–Trinajstić information content (AvgIpc) is 2.58. The third-order valence-corrected chi connectivity index (χ3v) is 3.03. The normalized spacial score (nSPS) is 11.0. The minimum atomic E-state index is -0.579. The zero-order valence-corrected chi connectivity index (χ0v) is 12.6. The molecule has 2 rings (SSSR count). The van der Waals surface area contributed by atoms with E-state index in [9.17, 15) is 19.8 Å². The molecule has 2 aromatic rings. The molecule has 0 aliphatic heterocycles. The van der Waals surface area contributed by atoms with Crippen molar-refractivity contribution in [1.29, 1.82) is 0 Å². The lowest BCUT2D eigenvalue weighted by atomic mass is 10.1. The van der Waals surface area contributed by atoms with Crippen LogP contribution in [0.25, 0.3) is 0 Å². The van der Waals surface area contributed by atoms with E-state index in [1.807, 2.05) is 0 Å². The van der Waals surface area contributed by atoms with E-state index in [1.165, 1.54) is 30.5 Å². The maximum atomic E-state index is 11.8. The van der Waals surface area contributed by atoms with Crippen LogP contribution in [-0.4, -0.2) is 34.5 Å². The fourth-order valence-corrected chi connectivity index (χ4v) is 1.85. The summed E-state index contributed by atoms with van der Waals surface area (Å²) >= 11 is 0. The fraction of sp³-hybridized carbons (Fsp3) is 0.0588. The van der Waals surface area contributed by atoms with Crippen LogP contribution in [0, 0.1) is 0 Å². The number of nitrogens with one attached hydrogen (secondary N) is 1. The Morgan fingerprint density at radius 1 is 0.958 bits per heavy atom. The van der Waals surface area contributed by atoms with Crippen molar-refractivity contribution >= 4 is 24.2 Å². The number of benzene rings is 2. The first-order valence-corrected chi connectivity index (χ1v) is 7.02. The van der Waals surface area contributed by atoms with E-state index in [2.05, 4.69) is 15.5 Å². The Kier molecular flexibility index (Phi) is 5.79. The van der Waals surface area contributed by atoms with Crippen LogP contribution in [0.3, 0.4) is 0 Å². The Morgan fingerprint density at radius 2 is 1.54 bits per heavy atom. The van der Waals surface area contributed by atoms with Gasteiger partial charge in [0.2, 0.25) is 0 Å². The van der Waals surface area contributed by atoms with Crippen molar-refractivity contribution in [1.82, 2.24) is 5.43 Å². The second-order valence-corrected chi connectivity index (χ2v) is 4.68. The molecular weight excluding hydrogens is 310 g/mol. The number of phenols is 2. The molecule has 0 saturated carbocycles. The van der Waals surface area contributed by atoms with Crippen molar-refractivity contribution < 1.29 is 19.8 Å². The Bertz CT molecular complexity index is 732. The van der Waals surface area contributed by atoms with E-state index in [-0.39, 0.29) is 34.8 Å². The molecule has 0 saturated heterocycles. The van der Waals surface area contributed by atoms with Gasteiger partial charge in [-0.15, -0.1) is 0 Å². The van der Waals surface area contributed by atoms with Crippen LogP contribution in [0.4, 0.5) is 0 Å². The molecule has 0 aromatic heterocycles. The second kappa shape index (κ2) is 8.23. The molecule has 0 fully saturated rings. The topological polar surface area (TPSA) is 111 Å². The summed E-state index contributed by atoms with van der Waals surface area (Å²) in [4.78, 5) is 27.3. The van der Waals surface area contributed by atoms with Crippen LogP contribution in [-0.2, 0) is 0 Å². The van der Waals surface area contributed by atoms with Crippen LogP contribution < -0.4 is 5.43 Å². The number of aromatic hydroxyl groups is 2. The summed E-state index contributed by atoms with van der Waals surface area (Å²) in [5.41, 5.74) is 2.51. The van der Waals surface area contributed by atoms with E-state index in [0.29, 0.717) is 0 Å². The first kappa shape index (κ1) is 16.9. The van der Waals surface area contributed by atoms with E-state index >= 15 is 0 Å². The lowest BCUT2D eigenvalue weighted by Gasteiger charge is -2.01. The van der Waals surface area contributed by atoms with Gasteiger partial charge >= 0.3 is 0 Å². The molecule has 3 N–H and O–H groups in total. The lowest BCUT2D eigenvalue weighted by Crippen LogP contribution is -2.17. The van der Waals surface area contributed by atoms with E-state index in [4.69, 9.17) is 0 Å². The van der Waals surface area contributed by atoms with Crippen LogP contribution in [0.1, 0.15) is 27.1 Å². The number of ketones is 1. The zero-order chi connectivity index (χ0) is 17.4. The SMILES string of the molecule is O=C(CC=N/C=N/NC(=O)c1ccccc1O)c1ccccc1O. The molecule has 7 nitrogen and oxygen atoms in total. The third-order valence-electron chi connectivity index (χ3n) is 3.03. The maximum Gasteiger partial charge on any atom is 0.275 e. The van der Waals surface area contributed by atoms with Crippen molar-refractivity contribution in [3.8, 4) is 11.5 Å². The molecule has 0 atom stereocenters. The third kappa shape index (κ3) is 4.51. The van der Waals surface area contributed by atoms with Gasteiger partial charge in [-0.05, 0) is 24.3 Å². The van der Waals surface area contributed by atoms with Gasteiger partial charge < -0.3 is 10.2 Å². The number of Topliss-reactive ketones (excluding diaryl/α,β-unsaturated/α-hetero) is 1. The number of para-hydroxylation sites is 2. The Hall–Kier alpha value is -3.48. The summed E-state index contributed by atoms with van der Waals surface area (Å²) in [5.74, 6) is -1.10. The molecule has 122 valence electrons. The lowest BCUT2D eigenvalue weighted by molar-refractivity contribution is 0.0950. The van der Waals surface area contributed by atoms with Crippen molar-refractivity contribution in [2.45, 2.75) is 6.42 Å². The Morgan fingerprint density at radius 3 is 2.17 bits per heavy atom. The fourth-order valence-electron chi connectivity index (χ4n) is 1.85. The highest BCUT2D eigenvalue weighted by Crippen LogP contribution is 2.17. The maximum absolute atomic E-state index is 11.8. The molecule has 1 amide bonds. The summed E-state index contributed by atoms with van der Waals surface area (Å²) in [5, 5.41) is 22.6. The quantitative estimate of drug-likeness (QED) is 0.327. The first-order valence-electron chi connectivity index (χ1n) is 7.02. The van der Waals surface area contributed by atoms with Crippen LogP contribution in [0.15, 0.2) is 58.6 Å². The molecule has 0 aliphatic carbocycles. The van der Waals surface area contributed by atoms with E-state index < -0.39 is 5.91 Å². The summed E-state index contributed by atoms with van der Waals surface area (Å²) in [6.45, 7) is 0. The van der Waals surface area contributed by atoms with Crippen molar-refractivity contribution in [2.75, 3.05) is 0 Å². The van der Waals surface area contributed by atoms with E-state index in [1.54, 1.807) is 24.3 Å². The van der Waals surface area contributed by atoms with Gasteiger partial charge in [-0.1, -0.05) is 24.3 Å². The van der Waals surface area contributed by atoms with Crippen LogP contribution >= 0.6 is 0 Å². The summed E-state index contributed by atoms with van der Waals surface area (Å²) < 4.78 is 0. The van der Waals surface area contributed by atoms with Crippen LogP contribution in [0.5, 0.6) is 11.5 Å². The highest BCUT2D eigenvalue weighted by Gasteiger charge is 2.09. The van der Waals surface area contributed by atoms with Crippen molar-refractivity contribution in [2.24, 2.45) is 10.1 Å². The monoisotopic (exact) mass is 325 g/mol. The molecule has 0 heterocycles. The number of carbonyl (C=O) groups excluding carboxylic acids is 2. The molecule has 0 radical (unpaired) electrons. The summed E-state index contributed by atoms with van der Waals surface area (Å²) in [6.07, 6.45) is 2.36. The molecular formula is C17H15N3O4. The van der Waals surface area contributed by atoms with Gasteiger partial charge in [-0.2, -0.15) is 5.10 Å². The minimum Gasteiger partial charge on any atom is -0.507 e. The highest BCUT2D eigenvalue weighted by atomic mass is 16.3. The number of aliphatic imine (C=N–C) groups is 1. The summed E-state index contributed by atoms with van der Waals surface area (Å²) in [6, 6.07) is 12.3. The number of hydrogen-bond acceptors (Lipinski definition) is 5. The molecule has 24 heavy (non-hydrogen) atoms. The smallest absolute Gasteiger partial charge is 0.275 e. The number of phenolic OH excluding ortho intramolecular Hbond substituents is 2. The Balaban J connectivity index is 1.83. The van der Waals surface area contributed by atoms with Gasteiger partial charge in [0, 0.05) is 12.6 Å². The van der Waals surface area contributed by atoms with Crippen molar-refractivity contribution in [3.63, 3.8) is 0 Å². The number of carbonyl (C=O) groups is 2. The number of hydrazone groups is 1. The Labute approximate surface area is 138 Å². The van der Waals surface area contributed by atoms with Crippen LogP contribution in [0.2, 0.25) is 0 Å². The minimum absolute atomic E-state index is 0.0169. The largest absolute Gasteiger partial charge is 0.507 e. The molecule has 0 spiro atoms. The standard InChI is InChI=1S/C17H15N3O4/c21-14-7-3-1-5-12(14)16(23)9-10-18-11-19-20-17(24)13-6-2-4-8-15(13)22/h1-8,10-11,21-22H,9H2,(H,20,24)/b18-10?,19-11+. The number of nitrogens with zero attached hydrogens (tertiary/aromatic N) is 2. The highest BCUT2D eigenvalue weighted by molar-refractivity contribution is 6.06. The second-order valence-electron chi connectivity index (χ2n) is 4.68. The zero-order valence-electron chi connectivity index (χ0n) is 12.6. The number of rotatable bonds is 6. The predicted octanol–water partition coefficient (Wildman–Crippen LogP) is 2.11. The number of amides is 1. The van der Waals surface area contributed by atoms with Gasteiger partial charge in [0.05, 0.1) is 11.1 Å². The van der Waals surface area contributed by atoms with Crippen molar-refractivity contribution in [3.05, 3.63) is 59.7 Å². The summed E-state index contributed by atoms with van der Waals surface area (Å²) in [7, 11) is 0. The van der Waals surface area contributed by atoms with Gasteiger partial charge in [0.25, 0.3) is 5.91 Å². The first-order chi connectivity index (χ1) is 11.6. The molecule has 0 unspecified atom stereocenters. The molecule has 2 aromatic carbocycles. The molecule has 0 bridgehead atoms. The molecule has 7 heteroatoms. The molecule has 0 aliphatic rings. The average molecular weight is 325 g/mol. The van der Waals surface area contributed by atoms with Gasteiger partial charge in [0.1, 0.15) is 17.8 Å². The van der Waals surface area contributed by atoms with Gasteiger partial charge in [-0.3, -0.25) is 9.59 Å². The number of hydrogen-bond donors (Lipinski definition) is 3.